The molecule has 18 heavy (non-hydrogen) atoms. The molecule has 1 aromatic rings. The van der Waals surface area contributed by atoms with Gasteiger partial charge in [-0.15, -0.1) is 10.2 Å². The second kappa shape index (κ2) is 4.63. The van der Waals surface area contributed by atoms with E-state index in [4.69, 9.17) is 5.73 Å². The summed E-state index contributed by atoms with van der Waals surface area (Å²) in [6.07, 6.45) is 4.65. The van der Waals surface area contributed by atoms with Crippen LogP contribution in [0.5, 0.6) is 0 Å². The monoisotopic (exact) mass is 249 g/mol. The van der Waals surface area contributed by atoms with Crippen LogP contribution in [0.1, 0.15) is 63.3 Å². The summed E-state index contributed by atoms with van der Waals surface area (Å²) in [6, 6.07) is 1.09. The molecule has 5 heteroatoms. The fraction of sp³-hybridized carbons (Fsp3) is 0.846. The molecule has 0 saturated carbocycles. The van der Waals surface area contributed by atoms with Gasteiger partial charge in [-0.1, -0.05) is 0 Å². The van der Waals surface area contributed by atoms with Crippen molar-refractivity contribution in [3.8, 4) is 0 Å². The zero-order valence-corrected chi connectivity index (χ0v) is 11.3. The molecule has 2 aliphatic rings. The maximum atomic E-state index is 6.12. The fourth-order valence-electron chi connectivity index (χ4n) is 3.36. The van der Waals surface area contributed by atoms with Gasteiger partial charge in [0.05, 0.1) is 12.1 Å². The number of aromatic nitrogens is 3. The zero-order chi connectivity index (χ0) is 12.7. The SMILES string of the molecule is CC(C)N1CCCC1c1nnc2n1CCCC2N. The average molecular weight is 249 g/mol. The van der Waals surface area contributed by atoms with Crippen LogP contribution in [0.15, 0.2) is 0 Å². The molecule has 0 radical (unpaired) electrons. The van der Waals surface area contributed by atoms with Crippen molar-refractivity contribution in [3.63, 3.8) is 0 Å². The topological polar surface area (TPSA) is 60.0 Å². The lowest BCUT2D eigenvalue weighted by Crippen LogP contribution is -2.32. The van der Waals surface area contributed by atoms with Crippen LogP contribution in [0.4, 0.5) is 0 Å². The highest BCUT2D eigenvalue weighted by Gasteiger charge is 2.34. The van der Waals surface area contributed by atoms with Crippen molar-refractivity contribution in [3.05, 3.63) is 11.6 Å². The first-order valence-corrected chi connectivity index (χ1v) is 7.13. The van der Waals surface area contributed by atoms with Crippen LogP contribution in [0.25, 0.3) is 0 Å². The van der Waals surface area contributed by atoms with E-state index in [2.05, 4.69) is 33.5 Å². The van der Waals surface area contributed by atoms with Crippen LogP contribution in [0, 0.1) is 0 Å². The third-order valence-corrected chi connectivity index (χ3v) is 4.29. The molecule has 3 rings (SSSR count). The predicted octanol–water partition coefficient (Wildman–Crippen LogP) is 1.62. The predicted molar refractivity (Wildman–Crippen MR) is 70.0 cm³/mol. The van der Waals surface area contributed by atoms with Crippen molar-refractivity contribution >= 4 is 0 Å². The molecule has 3 heterocycles. The first kappa shape index (κ1) is 12.1. The molecule has 0 amide bonds. The van der Waals surface area contributed by atoms with Gasteiger partial charge in [0, 0.05) is 12.6 Å². The summed E-state index contributed by atoms with van der Waals surface area (Å²) in [7, 11) is 0. The average Bonchev–Trinajstić information content (AvgIpc) is 2.94. The van der Waals surface area contributed by atoms with Crippen molar-refractivity contribution in [2.75, 3.05) is 6.54 Å². The molecule has 2 N–H and O–H groups in total. The third-order valence-electron chi connectivity index (χ3n) is 4.29. The number of hydrogen-bond acceptors (Lipinski definition) is 4. The van der Waals surface area contributed by atoms with Crippen LogP contribution in [0.3, 0.4) is 0 Å². The third kappa shape index (κ3) is 1.86. The lowest BCUT2D eigenvalue weighted by atomic mass is 10.1. The molecule has 0 aromatic carbocycles. The van der Waals surface area contributed by atoms with E-state index >= 15 is 0 Å². The van der Waals surface area contributed by atoms with Crippen molar-refractivity contribution in [2.45, 2.75) is 64.2 Å². The molecule has 1 fully saturated rings. The number of fused-ring (bicyclic) bond motifs is 1. The van der Waals surface area contributed by atoms with E-state index < -0.39 is 0 Å². The first-order valence-electron chi connectivity index (χ1n) is 7.13. The summed E-state index contributed by atoms with van der Waals surface area (Å²) in [5, 5.41) is 8.79. The van der Waals surface area contributed by atoms with Crippen molar-refractivity contribution in [1.29, 1.82) is 0 Å². The van der Waals surface area contributed by atoms with E-state index in [0.717, 1.165) is 31.0 Å². The van der Waals surface area contributed by atoms with Crippen LogP contribution >= 0.6 is 0 Å². The number of nitrogens with zero attached hydrogens (tertiary/aromatic N) is 4. The Balaban J connectivity index is 1.93. The number of rotatable bonds is 2. The molecular formula is C13H23N5. The second-order valence-corrected chi connectivity index (χ2v) is 5.81. The minimum absolute atomic E-state index is 0.0777. The van der Waals surface area contributed by atoms with E-state index in [0.29, 0.717) is 12.1 Å². The standard InChI is InChI=1S/C13H23N5/c1-9(2)17-7-4-6-11(17)13-16-15-12-10(14)5-3-8-18(12)13/h9-11H,3-8,14H2,1-2H3. The highest BCUT2D eigenvalue weighted by Crippen LogP contribution is 2.34. The minimum atomic E-state index is 0.0777. The van der Waals surface area contributed by atoms with Gasteiger partial charge < -0.3 is 10.3 Å². The highest BCUT2D eigenvalue weighted by molar-refractivity contribution is 5.08. The summed E-state index contributed by atoms with van der Waals surface area (Å²) < 4.78 is 2.28. The van der Waals surface area contributed by atoms with Gasteiger partial charge in [-0.2, -0.15) is 0 Å². The Morgan fingerprint density at radius 2 is 1.83 bits per heavy atom. The molecule has 100 valence electrons. The van der Waals surface area contributed by atoms with Crippen molar-refractivity contribution in [1.82, 2.24) is 19.7 Å². The van der Waals surface area contributed by atoms with E-state index in [9.17, 15) is 0 Å². The molecule has 0 spiro atoms. The molecule has 5 nitrogen and oxygen atoms in total. The molecule has 0 aliphatic carbocycles. The van der Waals surface area contributed by atoms with Gasteiger partial charge in [0.25, 0.3) is 0 Å². The van der Waals surface area contributed by atoms with Crippen LogP contribution in [0.2, 0.25) is 0 Å². The van der Waals surface area contributed by atoms with Gasteiger partial charge in [0.15, 0.2) is 0 Å². The highest BCUT2D eigenvalue weighted by atomic mass is 15.3. The van der Waals surface area contributed by atoms with Crippen LogP contribution < -0.4 is 5.73 Å². The smallest absolute Gasteiger partial charge is 0.150 e. The van der Waals surface area contributed by atoms with Crippen LogP contribution in [-0.4, -0.2) is 32.3 Å². The Hall–Kier alpha value is -0.940. The molecule has 1 saturated heterocycles. The van der Waals surface area contributed by atoms with Gasteiger partial charge in [-0.3, -0.25) is 4.90 Å². The minimum Gasteiger partial charge on any atom is -0.321 e. The molecule has 2 atom stereocenters. The summed E-state index contributed by atoms with van der Waals surface area (Å²) in [6.45, 7) is 6.74. The Morgan fingerprint density at radius 3 is 2.61 bits per heavy atom. The van der Waals surface area contributed by atoms with E-state index in [1.807, 2.05) is 0 Å². The number of hydrogen-bond donors (Lipinski definition) is 1. The Morgan fingerprint density at radius 1 is 1.11 bits per heavy atom. The number of likely N-dealkylation sites (tertiary alicyclic amines) is 1. The van der Waals surface area contributed by atoms with E-state index in [1.165, 1.54) is 19.4 Å². The summed E-state index contributed by atoms with van der Waals surface area (Å²) in [5.74, 6) is 2.14. The fourth-order valence-corrected chi connectivity index (χ4v) is 3.36. The van der Waals surface area contributed by atoms with Gasteiger partial charge in [0.1, 0.15) is 11.6 Å². The van der Waals surface area contributed by atoms with Crippen LogP contribution in [-0.2, 0) is 6.54 Å². The molecule has 2 aliphatic heterocycles. The second-order valence-electron chi connectivity index (χ2n) is 5.81. The summed E-state index contributed by atoms with van der Waals surface area (Å²) >= 11 is 0. The largest absolute Gasteiger partial charge is 0.321 e. The molecule has 1 aromatic heterocycles. The van der Waals surface area contributed by atoms with Crippen molar-refractivity contribution in [2.24, 2.45) is 5.73 Å². The van der Waals surface area contributed by atoms with E-state index in [1.54, 1.807) is 0 Å². The van der Waals surface area contributed by atoms with Gasteiger partial charge in [-0.25, -0.2) is 0 Å². The Labute approximate surface area is 108 Å². The Kier molecular flexibility index (Phi) is 3.11. The molecular weight excluding hydrogens is 226 g/mol. The lowest BCUT2D eigenvalue weighted by Gasteiger charge is -2.29. The molecule has 0 bridgehead atoms. The summed E-state index contributed by atoms with van der Waals surface area (Å²) in [5.41, 5.74) is 6.12. The Bertz CT molecular complexity index is 425. The van der Waals surface area contributed by atoms with Crippen molar-refractivity contribution < 1.29 is 0 Å². The van der Waals surface area contributed by atoms with Gasteiger partial charge in [0.2, 0.25) is 0 Å². The lowest BCUT2D eigenvalue weighted by molar-refractivity contribution is 0.193. The van der Waals surface area contributed by atoms with E-state index in [-0.39, 0.29) is 6.04 Å². The van der Waals surface area contributed by atoms with Gasteiger partial charge in [-0.05, 0) is 46.1 Å². The molecule has 2 unspecified atom stereocenters. The maximum absolute atomic E-state index is 6.12. The summed E-state index contributed by atoms with van der Waals surface area (Å²) in [4.78, 5) is 2.54. The zero-order valence-electron chi connectivity index (χ0n) is 11.3. The normalized spacial score (nSPS) is 28.9. The van der Waals surface area contributed by atoms with Gasteiger partial charge >= 0.3 is 0 Å². The maximum Gasteiger partial charge on any atom is 0.150 e. The first-order chi connectivity index (χ1) is 8.68. The number of nitrogens with two attached hydrogens (primary N) is 1. The quantitative estimate of drug-likeness (QED) is 0.865.